The van der Waals surface area contributed by atoms with E-state index in [0.717, 1.165) is 60.0 Å². The van der Waals surface area contributed by atoms with Crippen LogP contribution in [0.4, 0.5) is 0 Å². The lowest BCUT2D eigenvalue weighted by molar-refractivity contribution is 0.176. The summed E-state index contributed by atoms with van der Waals surface area (Å²) < 4.78 is 9.09. The van der Waals surface area contributed by atoms with Crippen molar-refractivity contribution in [2.75, 3.05) is 19.6 Å². The molecule has 6 rings (SSSR count). The number of H-pyrrole nitrogens is 1. The molecule has 0 aliphatic carbocycles. The number of likely N-dealkylation sites (tertiary alicyclic amines) is 1. The third kappa shape index (κ3) is 5.02. The summed E-state index contributed by atoms with van der Waals surface area (Å²) in [6, 6.07) is 9.66. The van der Waals surface area contributed by atoms with E-state index in [1.165, 1.54) is 15.9 Å². The summed E-state index contributed by atoms with van der Waals surface area (Å²) >= 11 is 1.44. The van der Waals surface area contributed by atoms with Crippen LogP contribution in [0.3, 0.4) is 0 Å². The number of pyridine rings is 1. The maximum atomic E-state index is 12.8. The first-order chi connectivity index (χ1) is 17.5. The fourth-order valence-corrected chi connectivity index (χ4v) is 6.06. The van der Waals surface area contributed by atoms with Gasteiger partial charge in [-0.15, -0.1) is 11.3 Å². The third-order valence-electron chi connectivity index (χ3n) is 7.09. The maximum absolute atomic E-state index is 12.8. The molecule has 5 aromatic heterocycles. The quantitative estimate of drug-likeness (QED) is 0.349. The van der Waals surface area contributed by atoms with E-state index < -0.39 is 0 Å². The second-order valence-corrected chi connectivity index (χ2v) is 10.8. The molecule has 10 nitrogen and oxygen atoms in total. The highest BCUT2D eigenvalue weighted by molar-refractivity contribution is 7.18. The minimum Gasteiger partial charge on any atom is -0.467 e. The molecule has 0 bridgehead atoms. The van der Waals surface area contributed by atoms with Crippen molar-refractivity contribution >= 4 is 32.7 Å². The van der Waals surface area contributed by atoms with Gasteiger partial charge in [0.1, 0.15) is 21.9 Å². The number of hydrogen-bond acceptors (Lipinski definition) is 7. The highest BCUT2D eigenvalue weighted by Crippen LogP contribution is 2.24. The van der Waals surface area contributed by atoms with Gasteiger partial charge in [0.05, 0.1) is 18.2 Å². The molecule has 3 N–H and O–H groups in total. The number of furan rings is 1. The monoisotopic (exact) mass is 522 g/mol. The molecule has 0 atom stereocenters. The first-order valence-electron chi connectivity index (χ1n) is 12.3. The fourth-order valence-electron chi connectivity index (χ4n) is 5.17. The second-order valence-electron chi connectivity index (χ2n) is 9.52. The smallest absolute Gasteiger partial charge is 0.329 e. The van der Waals surface area contributed by atoms with Crippen molar-refractivity contribution in [1.29, 1.82) is 0 Å². The van der Waals surface area contributed by atoms with Gasteiger partial charge in [0.25, 0.3) is 5.56 Å². The van der Waals surface area contributed by atoms with Gasteiger partial charge < -0.3 is 19.4 Å². The number of nitrogens with zero attached hydrogens (tertiary/aromatic N) is 5. The minimum atomic E-state index is -0.326. The lowest BCUT2D eigenvalue weighted by Crippen LogP contribution is -2.41. The summed E-state index contributed by atoms with van der Waals surface area (Å²) in [6.45, 7) is 5.52. The van der Waals surface area contributed by atoms with Crippen molar-refractivity contribution in [1.82, 2.24) is 29.0 Å². The number of rotatable bonds is 7. The van der Waals surface area contributed by atoms with Crippen molar-refractivity contribution in [2.24, 2.45) is 5.92 Å². The highest BCUT2D eigenvalue weighted by atomic mass is 32.1. The van der Waals surface area contributed by atoms with Crippen LogP contribution in [0, 0.1) is 12.8 Å². The van der Waals surface area contributed by atoms with Crippen LogP contribution in [-0.4, -0.2) is 54.1 Å². The Bertz CT molecular complexity index is 1620. The molecule has 0 amide bonds. The number of piperidine rings is 1. The molecule has 1 aliphatic rings. The summed E-state index contributed by atoms with van der Waals surface area (Å²) in [5, 5.41) is 0.600. The molecule has 1 fully saturated rings. The van der Waals surface area contributed by atoms with Crippen molar-refractivity contribution in [2.45, 2.75) is 39.3 Å². The number of aromatic nitrogens is 5. The molecule has 1 aliphatic heterocycles. The van der Waals surface area contributed by atoms with Gasteiger partial charge in [-0.1, -0.05) is 0 Å². The predicted molar refractivity (Wildman–Crippen MR) is 143 cm³/mol. The average Bonchev–Trinajstić information content (AvgIpc) is 3.60. The van der Waals surface area contributed by atoms with Crippen molar-refractivity contribution in [3.63, 3.8) is 0 Å². The van der Waals surface area contributed by atoms with E-state index in [2.05, 4.69) is 19.4 Å². The van der Waals surface area contributed by atoms with Gasteiger partial charge in [-0.05, 0) is 69.1 Å². The minimum absolute atomic E-state index is 0. The van der Waals surface area contributed by atoms with Crippen molar-refractivity contribution in [3.8, 4) is 0 Å². The SMILES string of the molecule is Cc1cc2c(=O)n(CCN3CCC(Cc4nc5cccnc5n4Cc4ccco4)CC3)c(=O)[nH]c2s1.O. The number of hydrogen-bond donors (Lipinski definition) is 1. The fraction of sp³-hybridized carbons (Fsp3) is 0.385. The molecule has 6 heterocycles. The Hall–Kier alpha value is -3.54. The van der Waals surface area contributed by atoms with E-state index in [4.69, 9.17) is 9.40 Å². The lowest BCUT2D eigenvalue weighted by Gasteiger charge is -2.31. The molecule has 0 saturated carbocycles. The van der Waals surface area contributed by atoms with Crippen molar-refractivity contribution < 1.29 is 9.89 Å². The van der Waals surface area contributed by atoms with Crippen molar-refractivity contribution in [3.05, 3.63) is 80.1 Å². The third-order valence-corrected chi connectivity index (χ3v) is 8.06. The summed E-state index contributed by atoms with van der Waals surface area (Å²) in [5.41, 5.74) is 1.27. The number of aromatic amines is 1. The molecule has 0 aromatic carbocycles. The Morgan fingerprint density at radius 3 is 2.76 bits per heavy atom. The molecule has 11 heteroatoms. The molecule has 0 unspecified atom stereocenters. The molecular weight excluding hydrogens is 492 g/mol. The van der Waals surface area contributed by atoms with Crippen LogP contribution < -0.4 is 11.2 Å². The normalized spacial score (nSPS) is 14.9. The largest absolute Gasteiger partial charge is 0.467 e. The van der Waals surface area contributed by atoms with Gasteiger partial charge in [0.2, 0.25) is 0 Å². The zero-order valence-electron chi connectivity index (χ0n) is 20.6. The molecule has 0 spiro atoms. The molecule has 1 saturated heterocycles. The zero-order chi connectivity index (χ0) is 24.6. The molecule has 37 heavy (non-hydrogen) atoms. The van der Waals surface area contributed by atoms with Gasteiger partial charge in [0, 0.05) is 30.6 Å². The number of fused-ring (bicyclic) bond motifs is 2. The molecule has 5 aromatic rings. The Balaban J connectivity index is 0.00000280. The average molecular weight is 523 g/mol. The Labute approximate surface area is 216 Å². The van der Waals surface area contributed by atoms with Gasteiger partial charge in [-0.3, -0.25) is 14.3 Å². The Morgan fingerprint density at radius 2 is 1.97 bits per heavy atom. The van der Waals surface area contributed by atoms with E-state index >= 15 is 0 Å². The standard InChI is InChI=1S/C26H28N6O3S.H2O/c1-17-14-20-24(36-17)29-26(34)31(25(20)33)12-11-30-9-6-18(7-10-30)15-22-28-21-5-2-8-27-23(21)32(22)16-19-4-3-13-35-19;/h2-5,8,13-14,18H,6-7,9-12,15-16H2,1H3,(H,29,34);1H2. The molecule has 194 valence electrons. The number of thiophene rings is 1. The van der Waals surface area contributed by atoms with E-state index in [0.29, 0.717) is 35.8 Å². The zero-order valence-corrected chi connectivity index (χ0v) is 21.5. The van der Waals surface area contributed by atoms with Crippen LogP contribution in [0.25, 0.3) is 21.4 Å². The van der Waals surface area contributed by atoms with Crippen LogP contribution in [0.1, 0.15) is 29.3 Å². The Kier molecular flexibility index (Phi) is 7.09. The van der Waals surface area contributed by atoms with Gasteiger partial charge in [0.15, 0.2) is 5.65 Å². The number of nitrogens with one attached hydrogen (secondary N) is 1. The van der Waals surface area contributed by atoms with Crippen LogP contribution in [0.2, 0.25) is 0 Å². The first kappa shape index (κ1) is 25.1. The van der Waals surface area contributed by atoms with Gasteiger partial charge in [-0.2, -0.15) is 0 Å². The second kappa shape index (κ2) is 10.4. The molecular formula is C26H30N6O4S. The summed E-state index contributed by atoms with van der Waals surface area (Å²) in [4.78, 5) is 41.7. The topological polar surface area (TPSA) is 133 Å². The highest BCUT2D eigenvalue weighted by Gasteiger charge is 2.23. The molecule has 0 radical (unpaired) electrons. The van der Waals surface area contributed by atoms with E-state index in [1.54, 1.807) is 12.5 Å². The Morgan fingerprint density at radius 1 is 1.14 bits per heavy atom. The van der Waals surface area contributed by atoms with E-state index in [9.17, 15) is 9.59 Å². The summed E-state index contributed by atoms with van der Waals surface area (Å²) in [5.74, 6) is 2.44. The van der Waals surface area contributed by atoms with Crippen LogP contribution in [-0.2, 0) is 19.5 Å². The predicted octanol–water partition coefficient (Wildman–Crippen LogP) is 2.58. The summed E-state index contributed by atoms with van der Waals surface area (Å²) in [7, 11) is 0. The van der Waals surface area contributed by atoms with E-state index in [1.807, 2.05) is 37.3 Å². The summed E-state index contributed by atoms with van der Waals surface area (Å²) in [6.07, 6.45) is 6.48. The lowest BCUT2D eigenvalue weighted by atomic mass is 9.93. The van der Waals surface area contributed by atoms with Gasteiger partial charge in [-0.25, -0.2) is 14.8 Å². The van der Waals surface area contributed by atoms with Crippen LogP contribution >= 0.6 is 11.3 Å². The number of imidazole rings is 1. The maximum Gasteiger partial charge on any atom is 0.329 e. The first-order valence-corrected chi connectivity index (χ1v) is 13.1. The van der Waals surface area contributed by atoms with Gasteiger partial charge >= 0.3 is 5.69 Å². The van der Waals surface area contributed by atoms with Crippen LogP contribution in [0.15, 0.2) is 56.8 Å². The number of aryl methyl sites for hydroxylation is 1. The van der Waals surface area contributed by atoms with Crippen LogP contribution in [0.5, 0.6) is 0 Å². The van der Waals surface area contributed by atoms with E-state index in [-0.39, 0.29) is 16.7 Å².